The first-order chi connectivity index (χ1) is 55.7. The van der Waals surface area contributed by atoms with Gasteiger partial charge in [0.25, 0.3) is 0 Å². The molecule has 4 heteroatoms. The summed E-state index contributed by atoms with van der Waals surface area (Å²) in [6.07, 6.45) is 32.3. The maximum Gasteiger partial charge on any atom is 0.160 e. The van der Waals surface area contributed by atoms with Gasteiger partial charge in [-0.1, -0.05) is 302 Å². The van der Waals surface area contributed by atoms with Crippen LogP contribution in [0, 0.1) is 101 Å². The highest BCUT2D eigenvalue weighted by atomic mass is 16.5. The van der Waals surface area contributed by atoms with Crippen molar-refractivity contribution in [3.05, 3.63) is 354 Å². The molecular weight excluding hydrogens is 1410 g/mol. The molecule has 4 saturated carbocycles. The smallest absolute Gasteiger partial charge is 0.160 e. The molecule has 18 rings (SSSR count). The minimum Gasteiger partial charge on any atom is -0.482 e. The third-order valence-corrected chi connectivity index (χ3v) is 29.7. The Balaban J connectivity index is 0.000000122. The summed E-state index contributed by atoms with van der Waals surface area (Å²) in [7, 11) is 0. The van der Waals surface area contributed by atoms with E-state index in [2.05, 4.69) is 323 Å². The predicted molar refractivity (Wildman–Crippen MR) is 485 cm³/mol. The van der Waals surface area contributed by atoms with E-state index in [1.54, 1.807) is 0 Å². The van der Waals surface area contributed by atoms with Crippen LogP contribution in [0.2, 0.25) is 0 Å². The van der Waals surface area contributed by atoms with E-state index in [4.69, 9.17) is 18.9 Å². The van der Waals surface area contributed by atoms with Crippen molar-refractivity contribution in [2.24, 2.45) is 17.8 Å². The quantitative estimate of drug-likeness (QED) is 0.128. The maximum atomic E-state index is 7.33. The Morgan fingerprint density at radius 2 is 0.690 bits per heavy atom. The first-order valence-corrected chi connectivity index (χ1v) is 44.6. The van der Waals surface area contributed by atoms with Crippen LogP contribution in [-0.2, 0) is 44.1 Å². The lowest BCUT2D eigenvalue weighted by Crippen LogP contribution is -2.57. The fraction of sp³-hybridized carbons (Fsp3) is 0.429. The molecule has 0 N–H and O–H groups in total. The van der Waals surface area contributed by atoms with Crippen LogP contribution in [0.3, 0.4) is 0 Å². The SMILES string of the molecule is C=CC1(C)CC(C=C)(c2ccc(C)cc2C)Oc2cc(C)ccc21.Cc1ccc(C2(C3CCCCC3)CC(C)(C3CCCCC3)c3ccc(C)cc3O2)c(C)c1.Cc1ccc(C2(c3ccccc3)CC(C)(c3ccccc3)c3ccc(C)cc3O2)c(C)c1.Cc1ccc(C23CCCCC2C2(CCCCC2)c2ccc(C)cc2O3)c(C)c1. The Kier molecular flexibility index (Phi) is 23.3. The lowest BCUT2D eigenvalue weighted by atomic mass is 9.51. The normalized spacial score (nSPS) is 26.3. The Bertz CT molecular complexity index is 5210. The van der Waals surface area contributed by atoms with Gasteiger partial charge in [0.1, 0.15) is 34.2 Å². The molecule has 8 unspecified atom stereocenters. The Morgan fingerprint density at radius 3 is 1.20 bits per heavy atom. The summed E-state index contributed by atoms with van der Waals surface area (Å²) in [6, 6.07) is 76.3. The summed E-state index contributed by atoms with van der Waals surface area (Å²) < 4.78 is 28.2. The van der Waals surface area contributed by atoms with Crippen molar-refractivity contribution in [2.45, 2.75) is 289 Å². The van der Waals surface area contributed by atoms with E-state index >= 15 is 0 Å². The molecular formula is C112H132O4. The second kappa shape index (κ2) is 33.0. The van der Waals surface area contributed by atoms with Crippen molar-refractivity contribution in [2.75, 3.05) is 0 Å². The van der Waals surface area contributed by atoms with Gasteiger partial charge in [0.2, 0.25) is 0 Å². The molecule has 10 aromatic carbocycles. The minimum absolute atomic E-state index is 0.145. The Labute approximate surface area is 698 Å². The minimum atomic E-state index is -0.579. The average molecular weight is 1540 g/mol. The molecule has 0 amide bonds. The fourth-order valence-electron chi connectivity index (χ4n) is 24.0. The molecule has 8 aliphatic rings. The van der Waals surface area contributed by atoms with E-state index in [0.717, 1.165) is 43.1 Å². The van der Waals surface area contributed by atoms with Crippen LogP contribution in [0.4, 0.5) is 0 Å². The number of benzene rings is 10. The predicted octanol–water partition coefficient (Wildman–Crippen LogP) is 29.6. The third-order valence-electron chi connectivity index (χ3n) is 29.7. The van der Waals surface area contributed by atoms with Crippen LogP contribution >= 0.6 is 0 Å². The van der Waals surface area contributed by atoms with Crippen LogP contribution in [-0.4, -0.2) is 0 Å². The van der Waals surface area contributed by atoms with Crippen LogP contribution in [0.1, 0.15) is 284 Å². The van der Waals surface area contributed by atoms with Crippen LogP contribution in [0.25, 0.3) is 0 Å². The second-order valence-electron chi connectivity index (χ2n) is 38.2. The van der Waals surface area contributed by atoms with Gasteiger partial charge in [0.05, 0.1) is 0 Å². The number of ether oxygens (including phenoxy) is 4. The van der Waals surface area contributed by atoms with Crippen molar-refractivity contribution in [3.63, 3.8) is 0 Å². The number of aryl methyl sites for hydroxylation is 12. The van der Waals surface area contributed by atoms with Crippen LogP contribution < -0.4 is 18.9 Å². The number of hydrogen-bond acceptors (Lipinski definition) is 4. The molecule has 4 nitrogen and oxygen atoms in total. The van der Waals surface area contributed by atoms with Crippen molar-refractivity contribution in [3.8, 4) is 23.0 Å². The van der Waals surface area contributed by atoms with Crippen LogP contribution in [0.5, 0.6) is 23.0 Å². The molecule has 4 fully saturated rings. The third kappa shape index (κ3) is 15.2. The first kappa shape index (κ1) is 82.0. The van der Waals surface area contributed by atoms with Gasteiger partial charge in [0.15, 0.2) is 11.2 Å². The lowest BCUT2D eigenvalue weighted by molar-refractivity contribution is -0.0953. The lowest BCUT2D eigenvalue weighted by Gasteiger charge is -2.59. The Morgan fingerprint density at radius 1 is 0.302 bits per heavy atom. The van der Waals surface area contributed by atoms with Gasteiger partial charge in [-0.25, -0.2) is 0 Å². The van der Waals surface area contributed by atoms with Gasteiger partial charge in [-0.2, -0.15) is 0 Å². The Hall–Kier alpha value is -9.12. The highest BCUT2D eigenvalue weighted by Gasteiger charge is 2.61. The van der Waals surface area contributed by atoms with Crippen molar-refractivity contribution < 1.29 is 18.9 Å². The van der Waals surface area contributed by atoms with E-state index in [0.29, 0.717) is 17.3 Å². The van der Waals surface area contributed by atoms with Crippen LogP contribution in [0.15, 0.2) is 232 Å². The number of fused-ring (bicyclic) bond motifs is 7. The van der Waals surface area contributed by atoms with Gasteiger partial charge >= 0.3 is 0 Å². The van der Waals surface area contributed by atoms with Gasteiger partial charge in [-0.3, -0.25) is 0 Å². The number of hydrogen-bond donors (Lipinski definition) is 0. The molecule has 0 saturated heterocycles. The number of rotatable bonds is 10. The van der Waals surface area contributed by atoms with Gasteiger partial charge < -0.3 is 18.9 Å². The van der Waals surface area contributed by atoms with E-state index in [1.807, 2.05) is 12.2 Å². The number of allylic oxidation sites excluding steroid dienone is 1. The maximum absolute atomic E-state index is 7.33. The fourth-order valence-corrected chi connectivity index (χ4v) is 24.0. The summed E-state index contributed by atoms with van der Waals surface area (Å²) in [5, 5.41) is 0. The molecule has 116 heavy (non-hydrogen) atoms. The monoisotopic (exact) mass is 1540 g/mol. The zero-order valence-corrected chi connectivity index (χ0v) is 73.1. The first-order valence-electron chi connectivity index (χ1n) is 44.6. The summed E-state index contributed by atoms with van der Waals surface area (Å²) in [5.41, 5.74) is 27.6. The highest BCUT2D eigenvalue weighted by Crippen LogP contribution is 2.65. The van der Waals surface area contributed by atoms with E-state index in [1.165, 1.54) is 249 Å². The molecule has 0 bridgehead atoms. The van der Waals surface area contributed by atoms with E-state index in [9.17, 15) is 0 Å². The van der Waals surface area contributed by atoms with Gasteiger partial charge in [-0.15, -0.1) is 6.58 Å². The summed E-state index contributed by atoms with van der Waals surface area (Å²) in [6.45, 7) is 41.8. The molecule has 10 aromatic rings. The van der Waals surface area contributed by atoms with Crippen molar-refractivity contribution in [1.29, 1.82) is 0 Å². The average Bonchev–Trinajstić information content (AvgIpc) is 0.693. The molecule has 0 radical (unpaired) electrons. The topological polar surface area (TPSA) is 36.9 Å². The summed E-state index contributed by atoms with van der Waals surface area (Å²) >= 11 is 0. The van der Waals surface area contributed by atoms with Crippen molar-refractivity contribution in [1.82, 2.24) is 0 Å². The summed E-state index contributed by atoms with van der Waals surface area (Å²) in [4.78, 5) is 0. The van der Waals surface area contributed by atoms with Gasteiger partial charge in [0, 0.05) is 86.1 Å². The zero-order valence-electron chi connectivity index (χ0n) is 73.1. The highest BCUT2D eigenvalue weighted by molar-refractivity contribution is 5.58. The van der Waals surface area contributed by atoms with Crippen molar-refractivity contribution >= 4 is 0 Å². The largest absolute Gasteiger partial charge is 0.482 e. The molecule has 8 atom stereocenters. The summed E-state index contributed by atoms with van der Waals surface area (Å²) in [5.74, 6) is 6.24. The standard InChI is InChI=1S/C31H42O.C31H30O.C27H34O.C23H26O/c2*1-22-15-17-27(24(3)19-22)31(26-13-9-6-10-14-26)21-30(4,25-11-7-5-8-12-25)28-18-16-23(2)20-29(28)32-31;1-19-10-12-22(21(3)17-19)27-16-8-5-9-25(27)26(14-6-4-7-15-26)23-13-11-20(2)18-24(23)28-27;1-7-22(6)15-23(8-2,19-11-9-16(3)13-18(19)5)24-21-14-17(4)10-12-20(21)22/h15-20,25-26H,5-14,21H2,1-4H3;5-20H,21H2,1-4H3;10-13,17-18,25H,4-9,14-16H2,1-3H3;7-14H,1-2,15H2,3-6H3. The zero-order chi connectivity index (χ0) is 81.6. The van der Waals surface area contributed by atoms with Gasteiger partial charge in [-0.05, 0) is 244 Å². The molecule has 4 aliphatic heterocycles. The molecule has 4 aliphatic carbocycles. The molecule has 1 spiro atoms. The molecule has 4 heterocycles. The molecule has 604 valence electrons. The van der Waals surface area contributed by atoms with E-state index < -0.39 is 11.2 Å². The molecule has 0 aromatic heterocycles. The second-order valence-corrected chi connectivity index (χ2v) is 38.2. The van der Waals surface area contributed by atoms with E-state index in [-0.39, 0.29) is 27.4 Å².